The summed E-state index contributed by atoms with van der Waals surface area (Å²) in [5.74, 6) is 0.310. The number of anilines is 1. The molecule has 26 heavy (non-hydrogen) atoms. The molecule has 0 N–H and O–H groups in total. The number of amides is 2. The van der Waals surface area contributed by atoms with Crippen LogP contribution >= 0.6 is 0 Å². The van der Waals surface area contributed by atoms with Gasteiger partial charge in [0, 0.05) is 31.7 Å². The summed E-state index contributed by atoms with van der Waals surface area (Å²) in [7, 11) is 0. The second-order valence-corrected chi connectivity index (χ2v) is 6.83. The molecule has 136 valence electrons. The number of hydrogen-bond acceptors (Lipinski definition) is 2. The van der Waals surface area contributed by atoms with Gasteiger partial charge in [0.1, 0.15) is 0 Å². The van der Waals surface area contributed by atoms with Gasteiger partial charge in [-0.2, -0.15) is 0 Å². The van der Waals surface area contributed by atoms with E-state index in [1.807, 2.05) is 53.1 Å². The number of hydrogen-bond donors (Lipinski definition) is 0. The first-order valence-electron chi connectivity index (χ1n) is 9.30. The molecule has 0 bridgehead atoms. The first-order valence-corrected chi connectivity index (χ1v) is 9.30. The SMILES string of the molecule is CCN(Cc1ccccc1C)C(=O)Cc1ccc(N2CCCC2=O)cc1. The van der Waals surface area contributed by atoms with Crippen molar-refractivity contribution in [2.75, 3.05) is 18.0 Å². The third kappa shape index (κ3) is 4.13. The molecule has 2 aromatic carbocycles. The van der Waals surface area contributed by atoms with E-state index in [4.69, 9.17) is 0 Å². The van der Waals surface area contributed by atoms with Crippen LogP contribution in [0.1, 0.15) is 36.5 Å². The Labute approximate surface area is 155 Å². The summed E-state index contributed by atoms with van der Waals surface area (Å²) in [6, 6.07) is 16.0. The van der Waals surface area contributed by atoms with Gasteiger partial charge in [-0.1, -0.05) is 36.4 Å². The van der Waals surface area contributed by atoms with Crippen LogP contribution in [0.15, 0.2) is 48.5 Å². The van der Waals surface area contributed by atoms with Gasteiger partial charge in [-0.15, -0.1) is 0 Å². The highest BCUT2D eigenvalue weighted by Crippen LogP contribution is 2.22. The second kappa shape index (κ2) is 8.17. The van der Waals surface area contributed by atoms with Gasteiger partial charge < -0.3 is 9.80 Å². The standard InChI is InChI=1S/C22H26N2O2/c1-3-23(16-19-8-5-4-7-17(19)2)22(26)15-18-10-12-20(13-11-18)24-14-6-9-21(24)25/h4-5,7-8,10-13H,3,6,9,14-16H2,1-2H3. The number of rotatable bonds is 6. The lowest BCUT2D eigenvalue weighted by Gasteiger charge is -2.22. The van der Waals surface area contributed by atoms with E-state index < -0.39 is 0 Å². The molecule has 1 heterocycles. The summed E-state index contributed by atoms with van der Waals surface area (Å²) in [4.78, 5) is 28.3. The Bertz CT molecular complexity index is 783. The van der Waals surface area contributed by atoms with Gasteiger partial charge in [-0.05, 0) is 49.1 Å². The molecule has 4 heteroatoms. The van der Waals surface area contributed by atoms with Crippen LogP contribution in [-0.2, 0) is 22.6 Å². The van der Waals surface area contributed by atoms with Crippen molar-refractivity contribution in [1.29, 1.82) is 0 Å². The zero-order valence-electron chi connectivity index (χ0n) is 15.6. The molecule has 1 aliphatic heterocycles. The maximum atomic E-state index is 12.7. The predicted octanol–water partition coefficient (Wildman–Crippen LogP) is 3.71. The van der Waals surface area contributed by atoms with E-state index in [1.54, 1.807) is 0 Å². The maximum Gasteiger partial charge on any atom is 0.227 e. The molecule has 2 aromatic rings. The Morgan fingerprint density at radius 1 is 1.12 bits per heavy atom. The van der Waals surface area contributed by atoms with Crippen molar-refractivity contribution in [3.8, 4) is 0 Å². The van der Waals surface area contributed by atoms with Crippen LogP contribution in [0.25, 0.3) is 0 Å². The van der Waals surface area contributed by atoms with E-state index in [-0.39, 0.29) is 11.8 Å². The predicted molar refractivity (Wildman–Crippen MR) is 104 cm³/mol. The molecule has 0 radical (unpaired) electrons. The lowest BCUT2D eigenvalue weighted by atomic mass is 10.1. The van der Waals surface area contributed by atoms with Gasteiger partial charge in [0.25, 0.3) is 0 Å². The number of benzene rings is 2. The molecule has 0 saturated carbocycles. The first kappa shape index (κ1) is 18.2. The van der Waals surface area contributed by atoms with E-state index in [2.05, 4.69) is 19.1 Å². The van der Waals surface area contributed by atoms with Crippen LogP contribution in [0, 0.1) is 6.92 Å². The summed E-state index contributed by atoms with van der Waals surface area (Å²) in [6.07, 6.45) is 1.93. The van der Waals surface area contributed by atoms with Crippen LogP contribution < -0.4 is 4.90 Å². The largest absolute Gasteiger partial charge is 0.338 e. The van der Waals surface area contributed by atoms with Gasteiger partial charge in [0.2, 0.25) is 11.8 Å². The molecule has 0 atom stereocenters. The van der Waals surface area contributed by atoms with E-state index in [1.165, 1.54) is 11.1 Å². The van der Waals surface area contributed by atoms with Crippen LogP contribution in [0.5, 0.6) is 0 Å². The van der Waals surface area contributed by atoms with Crippen molar-refractivity contribution in [2.24, 2.45) is 0 Å². The normalized spacial score (nSPS) is 13.9. The fourth-order valence-electron chi connectivity index (χ4n) is 3.37. The Hall–Kier alpha value is -2.62. The number of carbonyl (C=O) groups excluding carboxylic acids is 2. The van der Waals surface area contributed by atoms with Gasteiger partial charge in [-0.3, -0.25) is 9.59 Å². The second-order valence-electron chi connectivity index (χ2n) is 6.83. The maximum absolute atomic E-state index is 12.7. The van der Waals surface area contributed by atoms with Crippen LogP contribution in [-0.4, -0.2) is 29.8 Å². The smallest absolute Gasteiger partial charge is 0.227 e. The van der Waals surface area contributed by atoms with E-state index >= 15 is 0 Å². The highest BCUT2D eigenvalue weighted by atomic mass is 16.2. The Kier molecular flexibility index (Phi) is 5.71. The Morgan fingerprint density at radius 2 is 1.85 bits per heavy atom. The Morgan fingerprint density at radius 3 is 2.46 bits per heavy atom. The molecule has 2 amide bonds. The third-order valence-corrected chi connectivity index (χ3v) is 5.03. The number of carbonyl (C=O) groups is 2. The van der Waals surface area contributed by atoms with E-state index in [0.717, 1.165) is 24.2 Å². The van der Waals surface area contributed by atoms with Gasteiger partial charge in [0.15, 0.2) is 0 Å². The van der Waals surface area contributed by atoms with Gasteiger partial charge in [-0.25, -0.2) is 0 Å². The molecule has 0 aliphatic carbocycles. The molecule has 0 aromatic heterocycles. The number of aryl methyl sites for hydroxylation is 1. The summed E-state index contributed by atoms with van der Waals surface area (Å²) in [6.45, 7) is 6.21. The molecular weight excluding hydrogens is 324 g/mol. The highest BCUT2D eigenvalue weighted by Gasteiger charge is 2.21. The van der Waals surface area contributed by atoms with Gasteiger partial charge >= 0.3 is 0 Å². The van der Waals surface area contributed by atoms with E-state index in [0.29, 0.717) is 25.9 Å². The zero-order chi connectivity index (χ0) is 18.5. The summed E-state index contributed by atoms with van der Waals surface area (Å²) in [5.41, 5.74) is 4.30. The molecule has 1 saturated heterocycles. The summed E-state index contributed by atoms with van der Waals surface area (Å²) >= 11 is 0. The zero-order valence-corrected chi connectivity index (χ0v) is 15.6. The fraction of sp³-hybridized carbons (Fsp3) is 0.364. The molecule has 4 nitrogen and oxygen atoms in total. The number of nitrogens with zero attached hydrogens (tertiary/aromatic N) is 2. The first-order chi connectivity index (χ1) is 12.6. The minimum atomic E-state index is 0.126. The summed E-state index contributed by atoms with van der Waals surface area (Å²) < 4.78 is 0. The van der Waals surface area contributed by atoms with Crippen LogP contribution in [0.3, 0.4) is 0 Å². The third-order valence-electron chi connectivity index (χ3n) is 5.03. The monoisotopic (exact) mass is 350 g/mol. The lowest BCUT2D eigenvalue weighted by Crippen LogP contribution is -2.31. The van der Waals surface area contributed by atoms with Crippen molar-refractivity contribution in [1.82, 2.24) is 4.90 Å². The summed E-state index contributed by atoms with van der Waals surface area (Å²) in [5, 5.41) is 0. The van der Waals surface area contributed by atoms with Gasteiger partial charge in [0.05, 0.1) is 6.42 Å². The number of likely N-dealkylation sites (N-methyl/N-ethyl adjacent to an activating group) is 1. The minimum absolute atomic E-state index is 0.126. The molecule has 1 fully saturated rings. The van der Waals surface area contributed by atoms with E-state index in [9.17, 15) is 9.59 Å². The molecule has 3 rings (SSSR count). The molecule has 0 unspecified atom stereocenters. The molecular formula is C22H26N2O2. The van der Waals surface area contributed by atoms with Crippen molar-refractivity contribution in [3.63, 3.8) is 0 Å². The average molecular weight is 350 g/mol. The molecule has 1 aliphatic rings. The van der Waals surface area contributed by atoms with Crippen molar-refractivity contribution >= 4 is 17.5 Å². The Balaban J connectivity index is 1.64. The minimum Gasteiger partial charge on any atom is -0.338 e. The van der Waals surface area contributed by atoms with Crippen LogP contribution in [0.2, 0.25) is 0 Å². The highest BCUT2D eigenvalue weighted by molar-refractivity contribution is 5.95. The van der Waals surface area contributed by atoms with Crippen LogP contribution in [0.4, 0.5) is 5.69 Å². The average Bonchev–Trinajstić information content (AvgIpc) is 3.07. The molecule has 0 spiro atoms. The topological polar surface area (TPSA) is 40.6 Å². The lowest BCUT2D eigenvalue weighted by molar-refractivity contribution is -0.130. The quantitative estimate of drug-likeness (QED) is 0.797. The van der Waals surface area contributed by atoms with Crippen molar-refractivity contribution in [3.05, 3.63) is 65.2 Å². The fourth-order valence-corrected chi connectivity index (χ4v) is 3.37. The van der Waals surface area contributed by atoms with Crippen molar-refractivity contribution in [2.45, 2.75) is 39.7 Å². The van der Waals surface area contributed by atoms with Crippen molar-refractivity contribution < 1.29 is 9.59 Å².